The maximum Gasteiger partial charge on any atom is 0.146 e. The van der Waals surface area contributed by atoms with E-state index in [0.717, 1.165) is 18.6 Å². The molecule has 0 spiro atoms. The first-order valence-electron chi connectivity index (χ1n) is 6.75. The normalized spacial score (nSPS) is 13.4. The Bertz CT molecular complexity index is 688. The molecule has 0 bridgehead atoms. The lowest BCUT2D eigenvalue weighted by molar-refractivity contribution is 0.479. The van der Waals surface area contributed by atoms with Crippen molar-refractivity contribution in [2.75, 3.05) is 0 Å². The first kappa shape index (κ1) is 13.0. The van der Waals surface area contributed by atoms with Gasteiger partial charge in [0, 0.05) is 11.1 Å². The zero-order valence-corrected chi connectivity index (χ0v) is 11.8. The van der Waals surface area contributed by atoms with Crippen molar-refractivity contribution in [3.8, 4) is 17.6 Å². The first-order chi connectivity index (χ1) is 9.76. The van der Waals surface area contributed by atoms with Crippen LogP contribution < -0.4 is 4.74 Å². The Labute approximate surface area is 123 Å². The smallest absolute Gasteiger partial charge is 0.146 e. The minimum Gasteiger partial charge on any atom is -0.456 e. The third-order valence-electron chi connectivity index (χ3n) is 3.61. The van der Waals surface area contributed by atoms with Crippen molar-refractivity contribution < 1.29 is 4.74 Å². The molecule has 0 aliphatic heterocycles. The predicted octanol–water partition coefficient (Wildman–Crippen LogP) is 4.88. The van der Waals surface area contributed by atoms with Gasteiger partial charge < -0.3 is 4.74 Å². The molecular formula is C17H14ClNO. The number of nitrogens with zero attached hydrogens (tertiary/aromatic N) is 1. The number of benzene rings is 2. The van der Waals surface area contributed by atoms with E-state index in [-0.39, 0.29) is 0 Å². The second-order valence-electron chi connectivity index (χ2n) is 4.99. The van der Waals surface area contributed by atoms with Gasteiger partial charge in [-0.25, -0.2) is 0 Å². The summed E-state index contributed by atoms with van der Waals surface area (Å²) in [5.41, 5.74) is 3.26. The largest absolute Gasteiger partial charge is 0.456 e. The molecule has 0 unspecified atom stereocenters. The molecule has 3 heteroatoms. The summed E-state index contributed by atoms with van der Waals surface area (Å²) < 4.78 is 5.84. The van der Waals surface area contributed by atoms with Crippen LogP contribution in [0.3, 0.4) is 0 Å². The third-order valence-corrected chi connectivity index (χ3v) is 3.85. The van der Waals surface area contributed by atoms with E-state index in [0.29, 0.717) is 16.3 Å². The molecule has 2 aromatic rings. The van der Waals surface area contributed by atoms with Gasteiger partial charge in [-0.05, 0) is 61.1 Å². The highest BCUT2D eigenvalue weighted by Gasteiger charge is 2.11. The van der Waals surface area contributed by atoms with E-state index >= 15 is 0 Å². The molecule has 20 heavy (non-hydrogen) atoms. The quantitative estimate of drug-likeness (QED) is 0.787. The van der Waals surface area contributed by atoms with E-state index in [1.54, 1.807) is 18.2 Å². The van der Waals surface area contributed by atoms with Gasteiger partial charge in [-0.2, -0.15) is 5.26 Å². The lowest BCUT2D eigenvalue weighted by Crippen LogP contribution is -2.02. The van der Waals surface area contributed by atoms with Gasteiger partial charge in [-0.15, -0.1) is 0 Å². The second kappa shape index (κ2) is 5.56. The topological polar surface area (TPSA) is 33.0 Å². The van der Waals surface area contributed by atoms with Gasteiger partial charge in [0.1, 0.15) is 17.6 Å². The summed E-state index contributed by atoms with van der Waals surface area (Å²) in [7, 11) is 0. The number of ether oxygens (including phenoxy) is 1. The van der Waals surface area contributed by atoms with Gasteiger partial charge in [0.2, 0.25) is 0 Å². The van der Waals surface area contributed by atoms with Crippen molar-refractivity contribution in [1.82, 2.24) is 0 Å². The van der Waals surface area contributed by atoms with Crippen molar-refractivity contribution in [2.45, 2.75) is 25.7 Å². The number of fused-ring (bicyclic) bond motifs is 1. The molecule has 3 rings (SSSR count). The number of hydrogen-bond acceptors (Lipinski definition) is 2. The van der Waals surface area contributed by atoms with Gasteiger partial charge >= 0.3 is 0 Å². The van der Waals surface area contributed by atoms with Gasteiger partial charge in [0.05, 0.1) is 5.56 Å². The first-order valence-corrected chi connectivity index (χ1v) is 7.13. The molecule has 0 radical (unpaired) electrons. The van der Waals surface area contributed by atoms with Crippen LogP contribution in [-0.2, 0) is 12.8 Å². The fourth-order valence-corrected chi connectivity index (χ4v) is 2.74. The summed E-state index contributed by atoms with van der Waals surface area (Å²) in [5, 5.41) is 9.67. The average molecular weight is 284 g/mol. The molecule has 1 aliphatic rings. The van der Waals surface area contributed by atoms with Crippen LogP contribution in [0, 0.1) is 11.3 Å². The molecule has 0 atom stereocenters. The highest BCUT2D eigenvalue weighted by Crippen LogP contribution is 2.31. The Morgan fingerprint density at radius 2 is 1.80 bits per heavy atom. The highest BCUT2D eigenvalue weighted by molar-refractivity contribution is 6.30. The fraction of sp³-hybridized carbons (Fsp3) is 0.235. The van der Waals surface area contributed by atoms with Crippen LogP contribution in [0.2, 0.25) is 5.02 Å². The van der Waals surface area contributed by atoms with Crippen molar-refractivity contribution >= 4 is 11.6 Å². The lowest BCUT2D eigenvalue weighted by Gasteiger charge is -2.17. The lowest BCUT2D eigenvalue weighted by atomic mass is 9.92. The van der Waals surface area contributed by atoms with Gasteiger partial charge in [-0.3, -0.25) is 0 Å². The van der Waals surface area contributed by atoms with Crippen molar-refractivity contribution in [2.24, 2.45) is 0 Å². The van der Waals surface area contributed by atoms with E-state index in [1.165, 1.54) is 24.0 Å². The summed E-state index contributed by atoms with van der Waals surface area (Å²) >= 11 is 5.97. The SMILES string of the molecule is N#Cc1ccc(Cl)cc1Oc1ccc2c(c1)CCCC2. The molecule has 0 N–H and O–H groups in total. The maximum atomic E-state index is 9.11. The Kier molecular flexibility index (Phi) is 3.62. The number of aryl methyl sites for hydroxylation is 2. The number of rotatable bonds is 2. The van der Waals surface area contributed by atoms with E-state index in [4.69, 9.17) is 21.6 Å². The third kappa shape index (κ3) is 2.64. The van der Waals surface area contributed by atoms with E-state index in [2.05, 4.69) is 18.2 Å². The van der Waals surface area contributed by atoms with Crippen LogP contribution in [0.1, 0.15) is 29.5 Å². The van der Waals surface area contributed by atoms with Crippen LogP contribution in [0.4, 0.5) is 0 Å². The Hall–Kier alpha value is -1.98. The molecule has 1 aliphatic carbocycles. The van der Waals surface area contributed by atoms with Crippen molar-refractivity contribution in [3.63, 3.8) is 0 Å². The van der Waals surface area contributed by atoms with Crippen LogP contribution >= 0.6 is 11.6 Å². The molecule has 0 fully saturated rings. The van der Waals surface area contributed by atoms with E-state index in [9.17, 15) is 0 Å². The van der Waals surface area contributed by atoms with Crippen LogP contribution in [-0.4, -0.2) is 0 Å². The van der Waals surface area contributed by atoms with Crippen molar-refractivity contribution in [3.05, 3.63) is 58.1 Å². The molecule has 0 aromatic heterocycles. The monoisotopic (exact) mass is 283 g/mol. The number of nitriles is 1. The summed E-state index contributed by atoms with van der Waals surface area (Å²) in [6.07, 6.45) is 4.75. The van der Waals surface area contributed by atoms with Crippen LogP contribution in [0.15, 0.2) is 36.4 Å². The molecule has 100 valence electrons. The van der Waals surface area contributed by atoms with Crippen molar-refractivity contribution in [1.29, 1.82) is 5.26 Å². The minimum atomic E-state index is 0.493. The second-order valence-corrected chi connectivity index (χ2v) is 5.43. The molecular weight excluding hydrogens is 270 g/mol. The number of halogens is 1. The van der Waals surface area contributed by atoms with Gasteiger partial charge in [0.25, 0.3) is 0 Å². The fourth-order valence-electron chi connectivity index (χ4n) is 2.57. The van der Waals surface area contributed by atoms with E-state index < -0.39 is 0 Å². The average Bonchev–Trinajstić information content (AvgIpc) is 2.47. The summed E-state index contributed by atoms with van der Waals surface area (Å²) in [5.74, 6) is 1.28. The predicted molar refractivity (Wildman–Crippen MR) is 79.3 cm³/mol. The highest BCUT2D eigenvalue weighted by atomic mass is 35.5. The Morgan fingerprint density at radius 3 is 2.60 bits per heavy atom. The molecule has 2 aromatic carbocycles. The Balaban J connectivity index is 1.92. The zero-order valence-electron chi connectivity index (χ0n) is 11.0. The van der Waals surface area contributed by atoms with E-state index in [1.807, 2.05) is 6.07 Å². The molecule has 0 saturated heterocycles. The Morgan fingerprint density at radius 1 is 1.00 bits per heavy atom. The summed E-state index contributed by atoms with van der Waals surface area (Å²) in [4.78, 5) is 0. The summed E-state index contributed by atoms with van der Waals surface area (Å²) in [6.45, 7) is 0. The van der Waals surface area contributed by atoms with Crippen LogP contribution in [0.25, 0.3) is 0 Å². The van der Waals surface area contributed by atoms with Gasteiger partial charge in [0.15, 0.2) is 0 Å². The molecule has 0 amide bonds. The molecule has 0 heterocycles. The minimum absolute atomic E-state index is 0.493. The molecule has 0 saturated carbocycles. The van der Waals surface area contributed by atoms with Gasteiger partial charge in [-0.1, -0.05) is 17.7 Å². The maximum absolute atomic E-state index is 9.11. The molecule has 2 nitrogen and oxygen atoms in total. The summed E-state index contributed by atoms with van der Waals surface area (Å²) in [6, 6.07) is 13.3. The van der Waals surface area contributed by atoms with Crippen LogP contribution in [0.5, 0.6) is 11.5 Å². The number of hydrogen-bond donors (Lipinski definition) is 0. The zero-order chi connectivity index (χ0) is 13.9. The standard InChI is InChI=1S/C17H14ClNO/c18-15-7-5-14(11-19)17(10-15)20-16-8-6-12-3-1-2-4-13(12)9-16/h5-10H,1-4H2.